The van der Waals surface area contributed by atoms with E-state index in [1.807, 2.05) is 0 Å². The molecule has 1 N–H and O–H groups in total. The van der Waals surface area contributed by atoms with Gasteiger partial charge in [-0.1, -0.05) is 18.2 Å². The van der Waals surface area contributed by atoms with Crippen molar-refractivity contribution in [3.8, 4) is 5.75 Å². The molecule has 4 rings (SSSR count). The van der Waals surface area contributed by atoms with Gasteiger partial charge in [-0.05, 0) is 43.7 Å². The minimum Gasteiger partial charge on any atom is -0.484 e. The van der Waals surface area contributed by atoms with E-state index in [1.54, 1.807) is 44.2 Å². The zero-order valence-electron chi connectivity index (χ0n) is 19.1. The summed E-state index contributed by atoms with van der Waals surface area (Å²) >= 11 is 0. The van der Waals surface area contributed by atoms with E-state index in [4.69, 9.17) is 9.47 Å². The van der Waals surface area contributed by atoms with E-state index in [0.717, 1.165) is 7.11 Å². The van der Waals surface area contributed by atoms with Crippen LogP contribution in [0.25, 0.3) is 0 Å². The first-order chi connectivity index (χ1) is 16.6. The number of non-ortho nitro benzene ring substituents is 1. The second-order valence-corrected chi connectivity index (χ2v) is 10.7. The molecule has 2 saturated heterocycles. The summed E-state index contributed by atoms with van der Waals surface area (Å²) in [6.07, 6.45) is 0. The highest BCUT2D eigenvalue weighted by atomic mass is 32.2. The van der Waals surface area contributed by atoms with Crippen molar-refractivity contribution in [1.29, 1.82) is 0 Å². The summed E-state index contributed by atoms with van der Waals surface area (Å²) in [5.41, 5.74) is -1.80. The van der Waals surface area contributed by atoms with Gasteiger partial charge in [0, 0.05) is 12.1 Å². The number of hydrogen-bond acceptors (Lipinski definition) is 8. The molecule has 0 aromatic heterocycles. The number of nitrogens with one attached hydrogen (secondary N) is 1. The number of nitrogens with zero attached hydrogens (tertiary/aromatic N) is 2. The Hall–Kier alpha value is -3.80. The van der Waals surface area contributed by atoms with Gasteiger partial charge < -0.3 is 19.7 Å². The van der Waals surface area contributed by atoms with Crippen LogP contribution in [0.3, 0.4) is 0 Å². The summed E-state index contributed by atoms with van der Waals surface area (Å²) in [5.74, 6) is -1.58. The molecule has 2 amide bonds. The van der Waals surface area contributed by atoms with Crippen LogP contribution >= 0.6 is 0 Å². The molecule has 2 fully saturated rings. The van der Waals surface area contributed by atoms with Gasteiger partial charge in [0.2, 0.25) is 0 Å². The molecule has 2 aliphatic rings. The number of ether oxygens (including phenoxy) is 2. The Bertz CT molecular complexity index is 1220. The van der Waals surface area contributed by atoms with E-state index in [1.165, 1.54) is 29.2 Å². The van der Waals surface area contributed by atoms with Crippen LogP contribution in [-0.2, 0) is 35.5 Å². The lowest BCUT2D eigenvalue weighted by atomic mass is 9.75. The summed E-state index contributed by atoms with van der Waals surface area (Å²) in [6.45, 7) is 2.76. The van der Waals surface area contributed by atoms with Crippen molar-refractivity contribution < 1.29 is 33.0 Å². The van der Waals surface area contributed by atoms with Gasteiger partial charge in [0.15, 0.2) is 12.1 Å². The Morgan fingerprint density at radius 3 is 2.34 bits per heavy atom. The topological polar surface area (TPSA) is 145 Å². The van der Waals surface area contributed by atoms with E-state index in [-0.39, 0.29) is 17.9 Å². The van der Waals surface area contributed by atoms with Crippen LogP contribution in [0, 0.1) is 10.1 Å². The number of carbonyl (C=O) groups is 3. The van der Waals surface area contributed by atoms with Crippen LogP contribution in [0.15, 0.2) is 54.6 Å². The third kappa shape index (κ3) is 3.55. The molecule has 35 heavy (non-hydrogen) atoms. The predicted molar refractivity (Wildman–Crippen MR) is 124 cm³/mol. The zero-order valence-corrected chi connectivity index (χ0v) is 19.9. The normalized spacial score (nSPS) is 26.3. The average Bonchev–Trinajstić information content (AvgIpc) is 3.02. The fourth-order valence-corrected chi connectivity index (χ4v) is 6.79. The van der Waals surface area contributed by atoms with Gasteiger partial charge in [0.05, 0.1) is 27.6 Å². The SMILES string of the molecule is COC(=O)[C@]1(c2ccc([N+](=O)[O-])cc2)N2C(=O)[C@@H](NC(=O)COc3ccccc3)[C@H]2S(=O)C1(C)C. The summed E-state index contributed by atoms with van der Waals surface area (Å²) in [4.78, 5) is 50.7. The lowest BCUT2D eigenvalue weighted by Crippen LogP contribution is -2.74. The molecule has 2 aliphatic heterocycles. The molecule has 0 aliphatic carbocycles. The maximum Gasteiger partial charge on any atom is 0.338 e. The molecule has 12 heteroatoms. The monoisotopic (exact) mass is 501 g/mol. The number of amides is 2. The highest BCUT2D eigenvalue weighted by molar-refractivity contribution is 7.87. The third-order valence-electron chi connectivity index (χ3n) is 6.40. The molecule has 11 nitrogen and oxygen atoms in total. The molecule has 0 spiro atoms. The van der Waals surface area contributed by atoms with Crippen molar-refractivity contribution in [3.63, 3.8) is 0 Å². The number of carbonyl (C=O) groups excluding carboxylic acids is 3. The number of nitro groups is 1. The fourth-order valence-electron chi connectivity index (χ4n) is 4.71. The van der Waals surface area contributed by atoms with Crippen LogP contribution < -0.4 is 10.1 Å². The van der Waals surface area contributed by atoms with Crippen LogP contribution in [-0.4, -0.2) is 61.7 Å². The lowest BCUT2D eigenvalue weighted by Gasteiger charge is -2.49. The molecule has 184 valence electrons. The molecule has 4 atom stereocenters. The number of β-lactam (4-membered cyclic amide) rings is 1. The number of para-hydroxylation sites is 1. The van der Waals surface area contributed by atoms with E-state index in [2.05, 4.69) is 5.32 Å². The number of fused-ring (bicyclic) bond motifs is 1. The van der Waals surface area contributed by atoms with E-state index in [0.29, 0.717) is 5.75 Å². The van der Waals surface area contributed by atoms with E-state index in [9.17, 15) is 28.7 Å². The number of methoxy groups -OCH3 is 1. The highest BCUT2D eigenvalue weighted by Gasteiger charge is 2.77. The number of rotatable bonds is 7. The Balaban J connectivity index is 1.64. The van der Waals surface area contributed by atoms with Gasteiger partial charge in [-0.3, -0.25) is 23.9 Å². The lowest BCUT2D eigenvalue weighted by molar-refractivity contribution is -0.384. The van der Waals surface area contributed by atoms with Crippen molar-refractivity contribution in [3.05, 3.63) is 70.3 Å². The van der Waals surface area contributed by atoms with Crippen LogP contribution in [0.5, 0.6) is 5.75 Å². The average molecular weight is 502 g/mol. The summed E-state index contributed by atoms with van der Waals surface area (Å²) in [7, 11) is -0.675. The smallest absolute Gasteiger partial charge is 0.338 e. The van der Waals surface area contributed by atoms with Crippen molar-refractivity contribution in [2.45, 2.75) is 35.5 Å². The maximum atomic E-state index is 13.6. The molecule has 0 radical (unpaired) electrons. The summed E-state index contributed by atoms with van der Waals surface area (Å²) < 4.78 is 22.7. The van der Waals surface area contributed by atoms with Gasteiger partial charge in [0.25, 0.3) is 17.5 Å². The van der Waals surface area contributed by atoms with Crippen molar-refractivity contribution in [2.24, 2.45) is 0 Å². The molecular weight excluding hydrogens is 478 g/mol. The Morgan fingerprint density at radius 2 is 1.77 bits per heavy atom. The Labute approximate surface area is 203 Å². The molecule has 0 bridgehead atoms. The van der Waals surface area contributed by atoms with Gasteiger partial charge in [-0.2, -0.15) is 0 Å². The standard InChI is InChI=1S/C23H23N3O8S/c1-22(2)23(21(29)33-3,14-9-11-15(12-10-14)26(30)31)25-19(28)18(20(25)35(22)32)24-17(27)13-34-16-7-5-4-6-8-16/h4-12,18,20H,13H2,1-3H3,(H,24,27)/t18-,20-,23+,35?/m1/s1. The van der Waals surface area contributed by atoms with Gasteiger partial charge >= 0.3 is 5.97 Å². The number of esters is 1. The van der Waals surface area contributed by atoms with Crippen molar-refractivity contribution >= 4 is 34.3 Å². The minimum atomic E-state index is -1.82. The maximum absolute atomic E-state index is 13.6. The van der Waals surface area contributed by atoms with Gasteiger partial charge in [0.1, 0.15) is 17.2 Å². The van der Waals surface area contributed by atoms with Crippen LogP contribution in [0.4, 0.5) is 5.69 Å². The Morgan fingerprint density at radius 1 is 1.14 bits per heavy atom. The van der Waals surface area contributed by atoms with E-state index >= 15 is 0 Å². The first-order valence-corrected chi connectivity index (χ1v) is 11.8. The first-order valence-electron chi connectivity index (χ1n) is 10.6. The first kappa shape index (κ1) is 24.3. The zero-order chi connectivity index (χ0) is 25.5. The van der Waals surface area contributed by atoms with Crippen LogP contribution in [0.1, 0.15) is 19.4 Å². The molecule has 1 unspecified atom stereocenters. The molecule has 2 aromatic carbocycles. The number of benzene rings is 2. The van der Waals surface area contributed by atoms with Crippen LogP contribution in [0.2, 0.25) is 0 Å². The Kier molecular flexibility index (Phi) is 6.09. The predicted octanol–water partition coefficient (Wildman–Crippen LogP) is 1.24. The largest absolute Gasteiger partial charge is 0.484 e. The molecular formula is C23H23N3O8S. The van der Waals surface area contributed by atoms with Crippen molar-refractivity contribution in [2.75, 3.05) is 13.7 Å². The molecule has 2 heterocycles. The van der Waals surface area contributed by atoms with Gasteiger partial charge in [-0.25, -0.2) is 4.79 Å². The highest BCUT2D eigenvalue weighted by Crippen LogP contribution is 2.56. The second kappa shape index (κ2) is 8.77. The molecule has 2 aromatic rings. The quantitative estimate of drug-likeness (QED) is 0.258. The van der Waals surface area contributed by atoms with Crippen molar-refractivity contribution in [1.82, 2.24) is 10.2 Å². The third-order valence-corrected chi connectivity index (χ3v) is 8.63. The fraction of sp³-hybridized carbons (Fsp3) is 0.348. The van der Waals surface area contributed by atoms with Gasteiger partial charge in [-0.15, -0.1) is 0 Å². The summed E-state index contributed by atoms with van der Waals surface area (Å²) in [5, 5.41) is 12.7. The molecule has 0 saturated carbocycles. The van der Waals surface area contributed by atoms with E-state index < -0.39 is 55.2 Å². The number of nitro benzene ring substituents is 1. The summed E-state index contributed by atoms with van der Waals surface area (Å²) in [6, 6.07) is 12.6. The second-order valence-electron chi connectivity index (χ2n) is 8.56. The minimum absolute atomic E-state index is 0.208. The number of hydrogen-bond donors (Lipinski definition) is 1.